The van der Waals surface area contributed by atoms with E-state index in [9.17, 15) is 18.0 Å². The van der Waals surface area contributed by atoms with Crippen LogP contribution in [0.5, 0.6) is 5.75 Å². The fraction of sp³-hybridized carbons (Fsp3) is 0.600. The number of benzene rings is 1. The van der Waals surface area contributed by atoms with Crippen LogP contribution in [0.1, 0.15) is 27.2 Å². The summed E-state index contributed by atoms with van der Waals surface area (Å²) in [5.41, 5.74) is -0.136. The first-order chi connectivity index (χ1) is 14.6. The Balaban J connectivity index is 1.54. The Bertz CT molecular complexity index is 984. The van der Waals surface area contributed by atoms with Crippen molar-refractivity contribution in [1.82, 2.24) is 14.9 Å². The van der Waals surface area contributed by atoms with Gasteiger partial charge in [0.25, 0.3) is 0 Å². The van der Waals surface area contributed by atoms with Gasteiger partial charge in [0.15, 0.2) is 0 Å². The van der Waals surface area contributed by atoms with Crippen molar-refractivity contribution in [2.24, 2.45) is 0 Å². The molecular formula is C20H28N4O6S. The van der Waals surface area contributed by atoms with Crippen LogP contribution in [0.3, 0.4) is 0 Å². The molecule has 0 bridgehead atoms. The molecule has 1 aromatic rings. The average Bonchev–Trinajstić information content (AvgIpc) is 3.02. The summed E-state index contributed by atoms with van der Waals surface area (Å²) in [7, 11) is -3.64. The summed E-state index contributed by atoms with van der Waals surface area (Å²) in [4.78, 5) is 26.6. The molecule has 31 heavy (non-hydrogen) atoms. The fourth-order valence-electron chi connectivity index (χ4n) is 4.08. The van der Waals surface area contributed by atoms with Crippen LogP contribution in [0.15, 0.2) is 23.1 Å². The third kappa shape index (κ3) is 4.35. The molecule has 0 spiro atoms. The van der Waals surface area contributed by atoms with E-state index in [0.29, 0.717) is 37.6 Å². The number of sulfonamides is 1. The molecule has 0 aromatic heterocycles. The van der Waals surface area contributed by atoms with E-state index in [1.54, 1.807) is 31.7 Å². The van der Waals surface area contributed by atoms with E-state index in [1.165, 1.54) is 16.4 Å². The monoisotopic (exact) mass is 452 g/mol. The molecule has 11 heteroatoms. The molecule has 3 aliphatic rings. The predicted octanol–water partition coefficient (Wildman–Crippen LogP) is 0.672. The second-order valence-corrected chi connectivity index (χ2v) is 10.8. The molecule has 2 N–H and O–H groups in total. The first-order valence-electron chi connectivity index (χ1n) is 10.4. The summed E-state index contributed by atoms with van der Waals surface area (Å²) in [6.45, 7) is 7.49. The zero-order valence-corrected chi connectivity index (χ0v) is 18.7. The Morgan fingerprint density at radius 2 is 1.97 bits per heavy atom. The van der Waals surface area contributed by atoms with E-state index in [2.05, 4.69) is 10.6 Å². The van der Waals surface area contributed by atoms with Crippen molar-refractivity contribution in [3.8, 4) is 5.75 Å². The highest BCUT2D eigenvalue weighted by atomic mass is 32.2. The number of carbonyl (C=O) groups is 2. The Hall–Kier alpha value is -2.37. The highest BCUT2D eigenvalue weighted by molar-refractivity contribution is 7.89. The number of anilines is 1. The first kappa shape index (κ1) is 21.8. The fourth-order valence-corrected chi connectivity index (χ4v) is 5.53. The summed E-state index contributed by atoms with van der Waals surface area (Å²) in [6.07, 6.45) is -0.469. The molecule has 2 unspecified atom stereocenters. The lowest BCUT2D eigenvalue weighted by Crippen LogP contribution is -2.51. The molecule has 3 aliphatic heterocycles. The van der Waals surface area contributed by atoms with Crippen LogP contribution in [0.4, 0.5) is 10.5 Å². The Kier molecular flexibility index (Phi) is 5.61. The second kappa shape index (κ2) is 7.95. The highest BCUT2D eigenvalue weighted by Crippen LogP contribution is 2.40. The van der Waals surface area contributed by atoms with Crippen molar-refractivity contribution in [2.45, 2.75) is 49.8 Å². The number of rotatable bonds is 3. The van der Waals surface area contributed by atoms with Crippen LogP contribution in [0.2, 0.25) is 0 Å². The normalized spacial score (nSPS) is 24.2. The molecule has 2 saturated heterocycles. The van der Waals surface area contributed by atoms with Gasteiger partial charge in [-0.25, -0.2) is 13.2 Å². The van der Waals surface area contributed by atoms with Crippen LogP contribution in [-0.4, -0.2) is 75.2 Å². The number of nitrogens with zero attached hydrogens (tertiary/aromatic N) is 2. The quantitative estimate of drug-likeness (QED) is 0.692. The number of ether oxygens (including phenoxy) is 2. The van der Waals surface area contributed by atoms with Crippen LogP contribution >= 0.6 is 0 Å². The van der Waals surface area contributed by atoms with Crippen molar-refractivity contribution < 1.29 is 27.5 Å². The summed E-state index contributed by atoms with van der Waals surface area (Å²) >= 11 is 0. The van der Waals surface area contributed by atoms with Crippen molar-refractivity contribution >= 4 is 27.7 Å². The summed E-state index contributed by atoms with van der Waals surface area (Å²) in [5.74, 6) is 0.187. The maximum absolute atomic E-state index is 13.0. The molecule has 2 atom stereocenters. The van der Waals surface area contributed by atoms with Crippen molar-refractivity contribution in [3.05, 3.63) is 18.2 Å². The van der Waals surface area contributed by atoms with Crippen LogP contribution in [-0.2, 0) is 19.6 Å². The highest BCUT2D eigenvalue weighted by Gasteiger charge is 2.46. The number of fused-ring (bicyclic) bond motifs is 3. The summed E-state index contributed by atoms with van der Waals surface area (Å²) < 4.78 is 38.5. The standard InChI is InChI=1S/C20H28N4O6S/c1-20(2,3)30-19(26)22-14-11-18(25)24-15-5-4-13(10-17(15)29-12-16(14)24)31(27,28)23-8-6-21-7-9-23/h4-5,10,14,16,21H,6-9,11-12H2,1-3H3,(H,22,26). The topological polar surface area (TPSA) is 117 Å². The molecular weight excluding hydrogens is 424 g/mol. The van der Waals surface area contributed by atoms with E-state index in [4.69, 9.17) is 9.47 Å². The Morgan fingerprint density at radius 1 is 1.26 bits per heavy atom. The van der Waals surface area contributed by atoms with Gasteiger partial charge in [-0.2, -0.15) is 4.31 Å². The third-order valence-electron chi connectivity index (χ3n) is 5.48. The third-order valence-corrected chi connectivity index (χ3v) is 7.37. The van der Waals surface area contributed by atoms with E-state index in [-0.39, 0.29) is 29.9 Å². The molecule has 10 nitrogen and oxygen atoms in total. The van der Waals surface area contributed by atoms with Gasteiger partial charge in [-0.05, 0) is 32.9 Å². The van der Waals surface area contributed by atoms with Gasteiger partial charge < -0.3 is 25.0 Å². The summed E-state index contributed by atoms with van der Waals surface area (Å²) in [6, 6.07) is 3.74. The van der Waals surface area contributed by atoms with Crippen molar-refractivity contribution in [2.75, 3.05) is 37.7 Å². The van der Waals surface area contributed by atoms with E-state index in [0.717, 1.165) is 0 Å². The largest absolute Gasteiger partial charge is 0.489 e. The number of nitrogens with one attached hydrogen (secondary N) is 2. The number of hydrogen-bond acceptors (Lipinski definition) is 7. The Morgan fingerprint density at radius 3 is 2.65 bits per heavy atom. The number of hydrogen-bond donors (Lipinski definition) is 2. The van der Waals surface area contributed by atoms with E-state index >= 15 is 0 Å². The van der Waals surface area contributed by atoms with Crippen LogP contribution in [0, 0.1) is 0 Å². The number of amides is 2. The molecule has 2 amide bonds. The minimum Gasteiger partial charge on any atom is -0.489 e. The second-order valence-electron chi connectivity index (χ2n) is 8.88. The van der Waals surface area contributed by atoms with Gasteiger partial charge in [-0.3, -0.25) is 4.79 Å². The average molecular weight is 453 g/mol. The van der Waals surface area contributed by atoms with Crippen molar-refractivity contribution in [1.29, 1.82) is 0 Å². The first-order valence-corrected chi connectivity index (χ1v) is 11.8. The predicted molar refractivity (Wildman–Crippen MR) is 113 cm³/mol. The SMILES string of the molecule is CC(C)(C)OC(=O)NC1CC(=O)N2c3ccc(S(=O)(=O)N4CCNCC4)cc3OCC12. The molecule has 0 aliphatic carbocycles. The zero-order chi connectivity index (χ0) is 22.4. The lowest BCUT2D eigenvalue weighted by Gasteiger charge is -2.35. The molecule has 0 saturated carbocycles. The molecule has 3 heterocycles. The van der Waals surface area contributed by atoms with E-state index < -0.39 is 27.8 Å². The van der Waals surface area contributed by atoms with Gasteiger partial charge in [-0.1, -0.05) is 0 Å². The maximum Gasteiger partial charge on any atom is 0.407 e. The molecule has 0 radical (unpaired) electrons. The molecule has 4 rings (SSSR count). The number of piperazine rings is 1. The molecule has 2 fully saturated rings. The van der Waals surface area contributed by atoms with Crippen LogP contribution in [0.25, 0.3) is 0 Å². The number of carbonyl (C=O) groups excluding carboxylic acids is 2. The van der Waals surface area contributed by atoms with Crippen LogP contribution < -0.4 is 20.3 Å². The smallest absolute Gasteiger partial charge is 0.407 e. The minimum atomic E-state index is -3.64. The van der Waals surface area contributed by atoms with E-state index in [1.807, 2.05) is 0 Å². The van der Waals surface area contributed by atoms with Gasteiger partial charge in [0.2, 0.25) is 15.9 Å². The van der Waals surface area contributed by atoms with Gasteiger partial charge in [0.1, 0.15) is 18.0 Å². The number of alkyl carbamates (subject to hydrolysis) is 1. The maximum atomic E-state index is 13.0. The summed E-state index contributed by atoms with van der Waals surface area (Å²) in [5, 5.41) is 5.90. The molecule has 170 valence electrons. The van der Waals surface area contributed by atoms with Gasteiger partial charge in [-0.15, -0.1) is 0 Å². The van der Waals surface area contributed by atoms with Gasteiger partial charge >= 0.3 is 6.09 Å². The lowest BCUT2D eigenvalue weighted by molar-refractivity contribution is -0.117. The van der Waals surface area contributed by atoms with Gasteiger partial charge in [0, 0.05) is 38.7 Å². The lowest BCUT2D eigenvalue weighted by atomic mass is 10.1. The Labute approximate surface area is 181 Å². The van der Waals surface area contributed by atoms with Gasteiger partial charge in [0.05, 0.1) is 22.7 Å². The zero-order valence-electron chi connectivity index (χ0n) is 17.9. The molecule has 1 aromatic carbocycles. The minimum absolute atomic E-state index is 0.119. The van der Waals surface area contributed by atoms with Crippen molar-refractivity contribution in [3.63, 3.8) is 0 Å².